The van der Waals surface area contributed by atoms with Crippen molar-refractivity contribution in [2.75, 3.05) is 12.8 Å². The van der Waals surface area contributed by atoms with Gasteiger partial charge in [-0.15, -0.1) is 0 Å². The van der Waals surface area contributed by atoms with Gasteiger partial charge < -0.3 is 15.8 Å². The zero-order valence-corrected chi connectivity index (χ0v) is 11.1. The minimum absolute atomic E-state index is 0.0616. The number of aromatic nitrogens is 3. The van der Waals surface area contributed by atoms with E-state index >= 15 is 0 Å². The van der Waals surface area contributed by atoms with Crippen molar-refractivity contribution in [3.63, 3.8) is 0 Å². The Morgan fingerprint density at radius 3 is 2.56 bits per heavy atom. The summed E-state index contributed by atoms with van der Waals surface area (Å²) in [5, 5.41) is 10.1. The largest absolute Gasteiger partial charge is 0.413 e. The molecule has 0 unspecified atom stereocenters. The Morgan fingerprint density at radius 1 is 1.44 bits per heavy atom. The molecule has 0 bridgehead atoms. The van der Waals surface area contributed by atoms with Crippen molar-refractivity contribution >= 4 is 11.9 Å². The van der Waals surface area contributed by atoms with Gasteiger partial charge in [-0.3, -0.25) is 0 Å². The van der Waals surface area contributed by atoms with E-state index in [1.807, 2.05) is 0 Å². The van der Waals surface area contributed by atoms with Gasteiger partial charge in [0, 0.05) is 7.05 Å². The molecule has 7 nitrogen and oxygen atoms in total. The van der Waals surface area contributed by atoms with E-state index in [0.717, 1.165) is 25.7 Å². The average molecular weight is 255 g/mol. The zero-order valence-electron chi connectivity index (χ0n) is 11.1. The molecule has 1 heterocycles. The monoisotopic (exact) mass is 255 g/mol. The van der Waals surface area contributed by atoms with Crippen molar-refractivity contribution in [1.82, 2.24) is 20.3 Å². The van der Waals surface area contributed by atoms with Crippen molar-refractivity contribution in [3.05, 3.63) is 0 Å². The second-order valence-corrected chi connectivity index (χ2v) is 4.10. The van der Waals surface area contributed by atoms with Gasteiger partial charge in [-0.25, -0.2) is 9.48 Å². The van der Waals surface area contributed by atoms with Crippen LogP contribution >= 0.6 is 0 Å². The van der Waals surface area contributed by atoms with Gasteiger partial charge in [-0.05, 0) is 12.8 Å². The van der Waals surface area contributed by atoms with Crippen LogP contribution in [0, 0.1) is 0 Å². The van der Waals surface area contributed by atoms with E-state index in [1.54, 1.807) is 4.68 Å². The predicted octanol–water partition coefficient (Wildman–Crippen LogP) is 1.72. The van der Waals surface area contributed by atoms with E-state index in [2.05, 4.69) is 29.5 Å². The SMILES string of the molecule is CCCC(CCC)n1nnc(OC(=O)NC)c1N. The number of amides is 1. The molecular formula is C11H21N5O2. The van der Waals surface area contributed by atoms with Gasteiger partial charge in [0.05, 0.1) is 6.04 Å². The minimum atomic E-state index is -0.601. The Bertz CT molecular complexity index is 385. The van der Waals surface area contributed by atoms with Crippen LogP contribution in [-0.2, 0) is 0 Å². The maximum absolute atomic E-state index is 11.1. The highest BCUT2D eigenvalue weighted by Gasteiger charge is 2.19. The van der Waals surface area contributed by atoms with Crippen LogP contribution in [-0.4, -0.2) is 28.1 Å². The lowest BCUT2D eigenvalue weighted by Gasteiger charge is -2.16. The summed E-state index contributed by atoms with van der Waals surface area (Å²) in [6.07, 6.45) is 3.42. The molecule has 0 aromatic carbocycles. The molecule has 0 aliphatic rings. The number of nitrogens with two attached hydrogens (primary N) is 1. The Balaban J connectivity index is 2.85. The second kappa shape index (κ2) is 6.83. The topological polar surface area (TPSA) is 95.1 Å². The molecule has 1 aromatic heterocycles. The van der Waals surface area contributed by atoms with Crippen molar-refractivity contribution < 1.29 is 9.53 Å². The molecule has 0 atom stereocenters. The summed E-state index contributed by atoms with van der Waals surface area (Å²) in [6.45, 7) is 4.22. The third-order valence-corrected chi connectivity index (χ3v) is 2.68. The maximum atomic E-state index is 11.1. The normalized spacial score (nSPS) is 10.7. The predicted molar refractivity (Wildman–Crippen MR) is 68.4 cm³/mol. The first kappa shape index (κ1) is 14.3. The Morgan fingerprint density at radius 2 is 2.06 bits per heavy atom. The fourth-order valence-corrected chi connectivity index (χ4v) is 1.82. The van der Waals surface area contributed by atoms with Crippen LogP contribution in [0.1, 0.15) is 45.6 Å². The van der Waals surface area contributed by atoms with Crippen molar-refractivity contribution in [2.45, 2.75) is 45.6 Å². The van der Waals surface area contributed by atoms with Gasteiger partial charge in [0.1, 0.15) is 0 Å². The fraction of sp³-hybridized carbons (Fsp3) is 0.727. The first-order valence-electron chi connectivity index (χ1n) is 6.24. The van der Waals surface area contributed by atoms with Gasteiger partial charge in [-0.1, -0.05) is 37.0 Å². The first-order valence-corrected chi connectivity index (χ1v) is 6.24. The molecular weight excluding hydrogens is 234 g/mol. The van der Waals surface area contributed by atoms with Gasteiger partial charge in [0.15, 0.2) is 5.82 Å². The Hall–Kier alpha value is -1.79. The molecule has 0 radical (unpaired) electrons. The summed E-state index contributed by atoms with van der Waals surface area (Å²) in [5.74, 6) is 0.358. The minimum Gasteiger partial charge on any atom is -0.385 e. The molecule has 1 aromatic rings. The molecule has 0 aliphatic carbocycles. The van der Waals surface area contributed by atoms with Crippen molar-refractivity contribution in [1.29, 1.82) is 0 Å². The number of rotatable bonds is 6. The lowest BCUT2D eigenvalue weighted by Crippen LogP contribution is -2.22. The van der Waals surface area contributed by atoms with Crippen LogP contribution < -0.4 is 15.8 Å². The molecule has 102 valence electrons. The van der Waals surface area contributed by atoms with Crippen LogP contribution in [0.3, 0.4) is 0 Å². The van der Waals surface area contributed by atoms with Crippen molar-refractivity contribution in [3.8, 4) is 5.88 Å². The highest BCUT2D eigenvalue weighted by Crippen LogP contribution is 2.26. The molecule has 0 saturated heterocycles. The maximum Gasteiger partial charge on any atom is 0.413 e. The fourth-order valence-electron chi connectivity index (χ4n) is 1.82. The molecule has 1 amide bonds. The number of nitrogen functional groups attached to an aromatic ring is 1. The number of anilines is 1. The number of ether oxygens (including phenoxy) is 1. The molecule has 0 saturated carbocycles. The van der Waals surface area contributed by atoms with Crippen LogP contribution in [0.15, 0.2) is 0 Å². The Kier molecular flexibility index (Phi) is 5.41. The smallest absolute Gasteiger partial charge is 0.385 e. The van der Waals surface area contributed by atoms with E-state index in [9.17, 15) is 4.79 Å². The van der Waals surface area contributed by atoms with E-state index in [-0.39, 0.29) is 11.9 Å². The number of nitrogens with zero attached hydrogens (tertiary/aromatic N) is 3. The molecule has 1 rings (SSSR count). The highest BCUT2D eigenvalue weighted by molar-refractivity contribution is 5.70. The zero-order chi connectivity index (χ0) is 13.5. The van der Waals surface area contributed by atoms with Gasteiger partial charge in [0.25, 0.3) is 5.88 Å². The summed E-state index contributed by atoms with van der Waals surface area (Å²) in [7, 11) is 1.47. The molecule has 0 spiro atoms. The van der Waals surface area contributed by atoms with Crippen LogP contribution in [0.4, 0.5) is 10.6 Å². The molecule has 7 heteroatoms. The summed E-state index contributed by atoms with van der Waals surface area (Å²) in [4.78, 5) is 11.1. The third kappa shape index (κ3) is 3.35. The molecule has 18 heavy (non-hydrogen) atoms. The summed E-state index contributed by atoms with van der Waals surface area (Å²) < 4.78 is 6.56. The summed E-state index contributed by atoms with van der Waals surface area (Å²) in [5.41, 5.74) is 5.90. The van der Waals surface area contributed by atoms with Gasteiger partial charge in [0.2, 0.25) is 0 Å². The van der Waals surface area contributed by atoms with Crippen LogP contribution in [0.2, 0.25) is 0 Å². The number of carbonyl (C=O) groups excluding carboxylic acids is 1. The van der Waals surface area contributed by atoms with E-state index in [0.29, 0.717) is 5.82 Å². The molecule has 0 fully saturated rings. The van der Waals surface area contributed by atoms with E-state index < -0.39 is 6.09 Å². The lowest BCUT2D eigenvalue weighted by atomic mass is 10.1. The Labute approximate surface area is 107 Å². The van der Waals surface area contributed by atoms with Gasteiger partial charge in [-0.2, -0.15) is 0 Å². The lowest BCUT2D eigenvalue weighted by molar-refractivity contribution is 0.201. The third-order valence-electron chi connectivity index (χ3n) is 2.68. The second-order valence-electron chi connectivity index (χ2n) is 4.10. The standard InChI is InChI=1S/C11H21N5O2/c1-4-6-8(7-5-2)16-9(12)10(14-15-16)18-11(17)13-3/h8H,4-7,12H2,1-3H3,(H,13,17). The van der Waals surface area contributed by atoms with Crippen LogP contribution in [0.5, 0.6) is 5.88 Å². The number of hydrogen-bond donors (Lipinski definition) is 2. The molecule has 3 N–H and O–H groups in total. The number of hydrogen-bond acceptors (Lipinski definition) is 5. The van der Waals surface area contributed by atoms with Gasteiger partial charge >= 0.3 is 6.09 Å². The number of nitrogens with one attached hydrogen (secondary N) is 1. The van der Waals surface area contributed by atoms with E-state index in [1.165, 1.54) is 7.05 Å². The van der Waals surface area contributed by atoms with E-state index in [4.69, 9.17) is 10.5 Å². The van der Waals surface area contributed by atoms with Crippen LogP contribution in [0.25, 0.3) is 0 Å². The molecule has 0 aliphatic heterocycles. The van der Waals surface area contributed by atoms with Crippen molar-refractivity contribution in [2.24, 2.45) is 0 Å². The number of carbonyl (C=O) groups is 1. The highest BCUT2D eigenvalue weighted by atomic mass is 16.6. The quantitative estimate of drug-likeness (QED) is 0.807. The summed E-state index contributed by atoms with van der Waals surface area (Å²) in [6, 6.07) is 0.203. The summed E-state index contributed by atoms with van der Waals surface area (Å²) >= 11 is 0. The first-order chi connectivity index (χ1) is 8.63. The average Bonchev–Trinajstić information content (AvgIpc) is 2.71.